The van der Waals surface area contributed by atoms with Crippen LogP contribution in [0.25, 0.3) is 5.69 Å². The molecule has 3 rings (SSSR count). The van der Waals surface area contributed by atoms with Crippen LogP contribution < -0.4 is 0 Å². The Balaban J connectivity index is 1.86. The number of ketones is 1. The second-order valence-corrected chi connectivity index (χ2v) is 8.06. The summed E-state index contributed by atoms with van der Waals surface area (Å²) in [4.78, 5) is 12.7. The van der Waals surface area contributed by atoms with Gasteiger partial charge >= 0.3 is 0 Å². The number of Topliss-reactive ketones (excluding diaryl/α,β-unsaturated/α-hetero) is 1. The van der Waals surface area contributed by atoms with Gasteiger partial charge in [0.25, 0.3) is 0 Å². The van der Waals surface area contributed by atoms with Gasteiger partial charge in [-0.3, -0.25) is 9.36 Å². The molecule has 4 nitrogen and oxygen atoms in total. The summed E-state index contributed by atoms with van der Waals surface area (Å²) in [6.45, 7) is 5.87. The first-order valence-corrected chi connectivity index (χ1v) is 9.58. The lowest BCUT2D eigenvalue weighted by Gasteiger charge is -2.12. The maximum absolute atomic E-state index is 12.7. The number of nitrogens with zero attached hydrogens (tertiary/aromatic N) is 3. The molecule has 1 atom stereocenters. The van der Waals surface area contributed by atoms with Gasteiger partial charge < -0.3 is 0 Å². The third-order valence-corrected chi connectivity index (χ3v) is 5.41. The Morgan fingerprint density at radius 1 is 1.12 bits per heavy atom. The molecular weight excluding hydrogens is 398 g/mol. The Morgan fingerprint density at radius 2 is 1.84 bits per heavy atom. The molecule has 0 aliphatic carbocycles. The molecule has 0 saturated carbocycles. The highest BCUT2D eigenvalue weighted by atomic mass is 79.9. The predicted octanol–water partition coefficient (Wildman–Crippen LogP) is 5.01. The summed E-state index contributed by atoms with van der Waals surface area (Å²) < 4.78 is 2.95. The molecule has 0 aliphatic heterocycles. The molecule has 6 heteroatoms. The smallest absolute Gasteiger partial charge is 0.196 e. The number of aromatic nitrogens is 3. The first-order valence-electron chi connectivity index (χ1n) is 7.91. The zero-order valence-electron chi connectivity index (χ0n) is 14.2. The van der Waals surface area contributed by atoms with Crippen LogP contribution in [0.2, 0.25) is 0 Å². The lowest BCUT2D eigenvalue weighted by atomic mass is 10.1. The monoisotopic (exact) mass is 415 g/mol. The molecule has 0 N–H and O–H groups in total. The highest BCUT2D eigenvalue weighted by Crippen LogP contribution is 2.28. The highest BCUT2D eigenvalue weighted by Gasteiger charge is 2.21. The number of carbonyl (C=O) groups is 1. The van der Waals surface area contributed by atoms with E-state index in [1.807, 2.05) is 54.8 Å². The third-order valence-electron chi connectivity index (χ3n) is 3.84. The van der Waals surface area contributed by atoms with Crippen molar-refractivity contribution in [1.82, 2.24) is 14.8 Å². The number of halogens is 1. The van der Waals surface area contributed by atoms with E-state index in [4.69, 9.17) is 0 Å². The van der Waals surface area contributed by atoms with Crippen molar-refractivity contribution in [2.45, 2.75) is 31.2 Å². The van der Waals surface area contributed by atoms with Crippen LogP contribution in [0.4, 0.5) is 0 Å². The topological polar surface area (TPSA) is 47.8 Å². The van der Waals surface area contributed by atoms with Crippen molar-refractivity contribution in [2.75, 3.05) is 0 Å². The predicted molar refractivity (Wildman–Crippen MR) is 105 cm³/mol. The first-order chi connectivity index (χ1) is 12.0. The molecule has 1 aromatic heterocycles. The lowest BCUT2D eigenvalue weighted by molar-refractivity contribution is 0.0994. The van der Waals surface area contributed by atoms with E-state index in [1.165, 1.54) is 17.3 Å². The summed E-state index contributed by atoms with van der Waals surface area (Å²) in [6, 6.07) is 15.6. The van der Waals surface area contributed by atoms with Gasteiger partial charge in [0.1, 0.15) is 5.82 Å². The van der Waals surface area contributed by atoms with E-state index in [9.17, 15) is 4.79 Å². The van der Waals surface area contributed by atoms with Crippen LogP contribution in [-0.4, -0.2) is 25.8 Å². The molecule has 0 spiro atoms. The minimum atomic E-state index is -0.256. The van der Waals surface area contributed by atoms with Crippen molar-refractivity contribution in [2.24, 2.45) is 0 Å². The summed E-state index contributed by atoms with van der Waals surface area (Å²) in [5.41, 5.74) is 2.87. The summed E-state index contributed by atoms with van der Waals surface area (Å²) in [5, 5.41) is 8.93. The van der Waals surface area contributed by atoms with Gasteiger partial charge in [0.2, 0.25) is 0 Å². The Kier molecular flexibility index (Phi) is 5.39. The third kappa shape index (κ3) is 4.02. The molecule has 0 fully saturated rings. The normalized spacial score (nSPS) is 12.2. The fourth-order valence-electron chi connectivity index (χ4n) is 2.54. The summed E-state index contributed by atoms with van der Waals surface area (Å²) in [5.74, 6) is 0.880. The maximum Gasteiger partial charge on any atom is 0.196 e. The highest BCUT2D eigenvalue weighted by molar-refractivity contribution is 9.10. The van der Waals surface area contributed by atoms with Crippen molar-refractivity contribution in [3.05, 3.63) is 70.0 Å². The van der Waals surface area contributed by atoms with E-state index in [1.54, 1.807) is 0 Å². The Labute approximate surface area is 159 Å². The van der Waals surface area contributed by atoms with Crippen LogP contribution in [0.5, 0.6) is 0 Å². The van der Waals surface area contributed by atoms with Gasteiger partial charge in [0, 0.05) is 15.7 Å². The molecule has 128 valence electrons. The van der Waals surface area contributed by atoms with Gasteiger partial charge in [-0.1, -0.05) is 52.0 Å². The van der Waals surface area contributed by atoms with Crippen molar-refractivity contribution in [1.29, 1.82) is 0 Å². The molecule has 1 unspecified atom stereocenters. The lowest BCUT2D eigenvalue weighted by Crippen LogP contribution is -2.14. The molecule has 0 aliphatic rings. The number of aryl methyl sites for hydroxylation is 2. The fraction of sp³-hybridized carbons (Fsp3) is 0.211. The van der Waals surface area contributed by atoms with Crippen LogP contribution in [0.3, 0.4) is 0 Å². The Bertz CT molecular complexity index is 905. The van der Waals surface area contributed by atoms with Crippen LogP contribution >= 0.6 is 27.7 Å². The number of hydrogen-bond acceptors (Lipinski definition) is 4. The molecule has 1 heterocycles. The van der Waals surface area contributed by atoms with E-state index in [2.05, 4.69) is 45.2 Å². The second-order valence-electron chi connectivity index (χ2n) is 5.84. The Morgan fingerprint density at radius 3 is 2.52 bits per heavy atom. The molecule has 3 aromatic rings. The largest absolute Gasteiger partial charge is 0.293 e. The zero-order valence-corrected chi connectivity index (χ0v) is 16.6. The van der Waals surface area contributed by atoms with Gasteiger partial charge in [0.15, 0.2) is 10.9 Å². The summed E-state index contributed by atoms with van der Waals surface area (Å²) in [7, 11) is 0. The molecule has 25 heavy (non-hydrogen) atoms. The fourth-order valence-corrected chi connectivity index (χ4v) is 3.80. The van der Waals surface area contributed by atoms with Gasteiger partial charge in [-0.2, -0.15) is 0 Å². The quantitative estimate of drug-likeness (QED) is 0.433. The Hall–Kier alpha value is -1.92. The maximum atomic E-state index is 12.7. The molecule has 0 radical (unpaired) electrons. The average molecular weight is 416 g/mol. The second kappa shape index (κ2) is 7.54. The van der Waals surface area contributed by atoms with Crippen LogP contribution in [-0.2, 0) is 0 Å². The average Bonchev–Trinajstić information content (AvgIpc) is 2.95. The summed E-state index contributed by atoms with van der Waals surface area (Å²) >= 11 is 4.82. The van der Waals surface area contributed by atoms with Crippen molar-refractivity contribution < 1.29 is 4.79 Å². The molecule has 0 saturated heterocycles. The van der Waals surface area contributed by atoms with Gasteiger partial charge in [-0.25, -0.2) is 0 Å². The number of hydrogen-bond donors (Lipinski definition) is 0. The SMILES string of the molecule is Cc1cccc(-n2c(C)nnc2SC(C)C(=O)c2ccc(Br)cc2)c1. The van der Waals surface area contributed by atoms with Crippen LogP contribution in [0, 0.1) is 13.8 Å². The number of thioether (sulfide) groups is 1. The number of carbonyl (C=O) groups excluding carboxylic acids is 1. The molecule has 0 bridgehead atoms. The number of benzene rings is 2. The van der Waals surface area contributed by atoms with Gasteiger partial charge in [-0.15, -0.1) is 10.2 Å². The van der Waals surface area contributed by atoms with E-state index in [0.717, 1.165) is 21.1 Å². The van der Waals surface area contributed by atoms with E-state index >= 15 is 0 Å². The van der Waals surface area contributed by atoms with Crippen LogP contribution in [0.1, 0.15) is 28.7 Å². The molecule has 0 amide bonds. The minimum absolute atomic E-state index is 0.0777. The number of rotatable bonds is 5. The van der Waals surface area contributed by atoms with Crippen LogP contribution in [0.15, 0.2) is 58.2 Å². The van der Waals surface area contributed by atoms with Gasteiger partial charge in [0.05, 0.1) is 5.25 Å². The summed E-state index contributed by atoms with van der Waals surface area (Å²) in [6.07, 6.45) is 0. The molecule has 2 aromatic carbocycles. The van der Waals surface area contributed by atoms with Crippen molar-refractivity contribution >= 4 is 33.5 Å². The molecular formula is C19H18BrN3OS. The van der Waals surface area contributed by atoms with Crippen molar-refractivity contribution in [3.63, 3.8) is 0 Å². The first kappa shape index (κ1) is 17.9. The minimum Gasteiger partial charge on any atom is -0.293 e. The van der Waals surface area contributed by atoms with E-state index < -0.39 is 0 Å². The standard InChI is InChI=1S/C19H18BrN3OS/c1-12-5-4-6-17(11-12)23-14(3)21-22-19(23)25-13(2)18(24)15-7-9-16(20)10-8-15/h4-11,13H,1-3H3. The zero-order chi connectivity index (χ0) is 18.0. The van der Waals surface area contributed by atoms with E-state index in [0.29, 0.717) is 5.56 Å². The van der Waals surface area contributed by atoms with Gasteiger partial charge in [-0.05, 0) is 50.6 Å². The van der Waals surface area contributed by atoms with E-state index in [-0.39, 0.29) is 11.0 Å². The van der Waals surface area contributed by atoms with Crippen molar-refractivity contribution in [3.8, 4) is 5.69 Å².